The van der Waals surface area contributed by atoms with Crippen molar-refractivity contribution in [2.45, 2.75) is 19.0 Å². The van der Waals surface area contributed by atoms with E-state index in [1.54, 1.807) is 7.11 Å². The fraction of sp³-hybridized carbons (Fsp3) is 0.222. The summed E-state index contributed by atoms with van der Waals surface area (Å²) in [6, 6.07) is 9.43. The predicted molar refractivity (Wildman–Crippen MR) is 103 cm³/mol. The van der Waals surface area contributed by atoms with Crippen LogP contribution in [-0.2, 0) is 4.79 Å². The minimum absolute atomic E-state index is 0.128. The number of ether oxygens (including phenoxy) is 1. The van der Waals surface area contributed by atoms with Gasteiger partial charge in [-0.15, -0.1) is 0 Å². The van der Waals surface area contributed by atoms with Gasteiger partial charge in [0.1, 0.15) is 5.75 Å². The van der Waals surface area contributed by atoms with Crippen LogP contribution in [-0.4, -0.2) is 28.7 Å². The molecule has 3 aromatic rings. The maximum absolute atomic E-state index is 12.2. The fourth-order valence-corrected chi connectivity index (χ4v) is 3.60. The van der Waals surface area contributed by atoms with Crippen molar-refractivity contribution < 1.29 is 9.53 Å². The van der Waals surface area contributed by atoms with E-state index in [1.807, 2.05) is 44.2 Å². The molecule has 1 heterocycles. The van der Waals surface area contributed by atoms with Gasteiger partial charge in [-0.3, -0.25) is 4.79 Å². The van der Waals surface area contributed by atoms with Crippen molar-refractivity contribution >= 4 is 46.0 Å². The molecule has 1 amide bonds. The lowest BCUT2D eigenvalue weighted by atomic mass is 10.1. The number of fused-ring (bicyclic) bond motifs is 1. The van der Waals surface area contributed by atoms with Gasteiger partial charge in [-0.05, 0) is 43.2 Å². The van der Waals surface area contributed by atoms with E-state index in [1.165, 1.54) is 11.8 Å². The highest BCUT2D eigenvalue weighted by Crippen LogP contribution is 2.28. The van der Waals surface area contributed by atoms with Crippen LogP contribution in [0.25, 0.3) is 11.0 Å². The zero-order valence-corrected chi connectivity index (χ0v) is 15.7. The van der Waals surface area contributed by atoms with Crippen LogP contribution in [0.5, 0.6) is 5.75 Å². The zero-order valence-electron chi connectivity index (χ0n) is 14.1. The molecule has 0 saturated heterocycles. The van der Waals surface area contributed by atoms with Crippen LogP contribution in [0.2, 0.25) is 5.02 Å². The molecule has 0 radical (unpaired) electrons. The molecule has 0 spiro atoms. The monoisotopic (exact) mass is 375 g/mol. The molecule has 130 valence electrons. The van der Waals surface area contributed by atoms with E-state index in [0.717, 1.165) is 27.9 Å². The number of anilines is 1. The number of nitrogens with zero attached hydrogens (tertiary/aromatic N) is 1. The van der Waals surface area contributed by atoms with E-state index >= 15 is 0 Å². The number of carbonyl (C=O) groups is 1. The summed E-state index contributed by atoms with van der Waals surface area (Å²) >= 11 is 7.57. The molecule has 5 nitrogen and oxygen atoms in total. The maximum atomic E-state index is 12.2. The Morgan fingerprint density at radius 3 is 2.84 bits per heavy atom. The summed E-state index contributed by atoms with van der Waals surface area (Å²) < 4.78 is 5.20. The van der Waals surface area contributed by atoms with Crippen LogP contribution in [0.4, 0.5) is 5.69 Å². The van der Waals surface area contributed by atoms with Crippen molar-refractivity contribution in [3.05, 3.63) is 46.5 Å². The summed E-state index contributed by atoms with van der Waals surface area (Å²) in [5.74, 6) is 0.868. The average molecular weight is 376 g/mol. The van der Waals surface area contributed by atoms with Gasteiger partial charge in [-0.25, -0.2) is 4.98 Å². The molecule has 0 aliphatic rings. The number of methoxy groups -OCH3 is 1. The minimum Gasteiger partial charge on any atom is -0.497 e. The number of aryl methyl sites for hydroxylation is 2. The Bertz CT molecular complexity index is 916. The standard InChI is InChI=1S/C18H18ClN3O2S/c1-10-6-11(2)17(13(19)7-10)22-16(23)9-25-18-20-14-5-4-12(24-3)8-15(14)21-18/h4-8H,9H2,1-3H3,(H,20,21)(H,22,23). The van der Waals surface area contributed by atoms with Crippen LogP contribution >= 0.6 is 23.4 Å². The molecule has 0 bridgehead atoms. The molecule has 1 aromatic heterocycles. The number of hydrogen-bond donors (Lipinski definition) is 2. The maximum Gasteiger partial charge on any atom is 0.234 e. The number of benzene rings is 2. The number of aromatic amines is 1. The van der Waals surface area contributed by atoms with Crippen LogP contribution in [0.1, 0.15) is 11.1 Å². The van der Waals surface area contributed by atoms with Crippen LogP contribution < -0.4 is 10.1 Å². The smallest absolute Gasteiger partial charge is 0.234 e. The van der Waals surface area contributed by atoms with Gasteiger partial charge >= 0.3 is 0 Å². The average Bonchev–Trinajstić information content (AvgIpc) is 2.98. The quantitative estimate of drug-likeness (QED) is 0.641. The Labute approximate surface area is 155 Å². The second-order valence-electron chi connectivity index (χ2n) is 5.70. The summed E-state index contributed by atoms with van der Waals surface area (Å²) in [5.41, 5.74) is 4.37. The number of amides is 1. The van der Waals surface area contributed by atoms with E-state index in [0.29, 0.717) is 15.9 Å². The molecular formula is C18H18ClN3O2S. The lowest BCUT2D eigenvalue weighted by Gasteiger charge is -2.11. The normalized spacial score (nSPS) is 10.9. The third-order valence-corrected chi connectivity index (χ3v) is 4.87. The van der Waals surface area contributed by atoms with Crippen molar-refractivity contribution in [2.24, 2.45) is 0 Å². The van der Waals surface area contributed by atoms with E-state index in [2.05, 4.69) is 15.3 Å². The van der Waals surface area contributed by atoms with Gasteiger partial charge in [-0.2, -0.15) is 0 Å². The molecule has 0 fully saturated rings. The summed E-state index contributed by atoms with van der Waals surface area (Å²) in [4.78, 5) is 19.9. The highest BCUT2D eigenvalue weighted by molar-refractivity contribution is 7.99. The third kappa shape index (κ3) is 4.08. The Balaban J connectivity index is 1.66. The van der Waals surface area contributed by atoms with E-state index in [4.69, 9.17) is 16.3 Å². The first-order valence-electron chi connectivity index (χ1n) is 7.69. The molecule has 7 heteroatoms. The first kappa shape index (κ1) is 17.6. The number of nitrogens with one attached hydrogen (secondary N) is 2. The fourth-order valence-electron chi connectivity index (χ4n) is 2.54. The molecule has 0 aliphatic carbocycles. The number of thioether (sulfide) groups is 1. The molecule has 0 unspecified atom stereocenters. The predicted octanol–water partition coefficient (Wildman–Crippen LogP) is 4.57. The second-order valence-corrected chi connectivity index (χ2v) is 7.07. The number of imidazole rings is 1. The minimum atomic E-state index is -0.128. The van der Waals surface area contributed by atoms with Gasteiger partial charge < -0.3 is 15.0 Å². The molecular weight excluding hydrogens is 358 g/mol. The van der Waals surface area contributed by atoms with Gasteiger partial charge in [0.2, 0.25) is 5.91 Å². The molecule has 3 rings (SSSR count). The Morgan fingerprint density at radius 1 is 1.32 bits per heavy atom. The second kappa shape index (κ2) is 7.37. The molecule has 2 N–H and O–H groups in total. The summed E-state index contributed by atoms with van der Waals surface area (Å²) in [5, 5.41) is 4.11. The van der Waals surface area contributed by atoms with Gasteiger partial charge in [-0.1, -0.05) is 29.4 Å². The first-order chi connectivity index (χ1) is 12.0. The van der Waals surface area contributed by atoms with Gasteiger partial charge in [0, 0.05) is 6.07 Å². The van der Waals surface area contributed by atoms with Crippen molar-refractivity contribution in [2.75, 3.05) is 18.2 Å². The molecule has 0 aliphatic heterocycles. The van der Waals surface area contributed by atoms with Crippen LogP contribution in [0, 0.1) is 13.8 Å². The number of aromatic nitrogens is 2. The number of rotatable bonds is 5. The van der Waals surface area contributed by atoms with Gasteiger partial charge in [0.25, 0.3) is 0 Å². The van der Waals surface area contributed by atoms with Crippen LogP contribution in [0.3, 0.4) is 0 Å². The SMILES string of the molecule is COc1ccc2nc(SCC(=O)Nc3c(C)cc(C)cc3Cl)[nH]c2c1. The lowest BCUT2D eigenvalue weighted by molar-refractivity contribution is -0.113. The molecule has 0 saturated carbocycles. The van der Waals surface area contributed by atoms with Crippen molar-refractivity contribution in [3.8, 4) is 5.75 Å². The number of halogens is 1. The zero-order chi connectivity index (χ0) is 18.0. The largest absolute Gasteiger partial charge is 0.497 e. The van der Waals surface area contributed by atoms with Crippen molar-refractivity contribution in [1.82, 2.24) is 9.97 Å². The summed E-state index contributed by atoms with van der Waals surface area (Å²) in [7, 11) is 1.62. The number of hydrogen-bond acceptors (Lipinski definition) is 4. The highest BCUT2D eigenvalue weighted by atomic mass is 35.5. The van der Waals surface area contributed by atoms with Crippen molar-refractivity contribution in [1.29, 1.82) is 0 Å². The topological polar surface area (TPSA) is 67.0 Å². The van der Waals surface area contributed by atoms with Crippen molar-refractivity contribution in [3.63, 3.8) is 0 Å². The number of H-pyrrole nitrogens is 1. The Morgan fingerprint density at radius 2 is 2.12 bits per heavy atom. The highest BCUT2D eigenvalue weighted by Gasteiger charge is 2.11. The summed E-state index contributed by atoms with van der Waals surface area (Å²) in [6.45, 7) is 3.89. The Hall–Kier alpha value is -2.18. The third-order valence-electron chi connectivity index (χ3n) is 3.70. The van der Waals surface area contributed by atoms with E-state index < -0.39 is 0 Å². The van der Waals surface area contributed by atoms with E-state index in [9.17, 15) is 4.79 Å². The van der Waals surface area contributed by atoms with E-state index in [-0.39, 0.29) is 11.7 Å². The van der Waals surface area contributed by atoms with Crippen LogP contribution in [0.15, 0.2) is 35.5 Å². The molecule has 2 aromatic carbocycles. The van der Waals surface area contributed by atoms with Gasteiger partial charge in [0.15, 0.2) is 5.16 Å². The lowest BCUT2D eigenvalue weighted by Crippen LogP contribution is -2.15. The Kier molecular flexibility index (Phi) is 5.20. The molecule has 25 heavy (non-hydrogen) atoms. The first-order valence-corrected chi connectivity index (χ1v) is 9.06. The van der Waals surface area contributed by atoms with Gasteiger partial charge in [0.05, 0.1) is 34.6 Å². The summed E-state index contributed by atoms with van der Waals surface area (Å²) in [6.07, 6.45) is 0. The number of carbonyl (C=O) groups excluding carboxylic acids is 1. The molecule has 0 atom stereocenters.